The van der Waals surface area contributed by atoms with Gasteiger partial charge in [-0.15, -0.1) is 0 Å². The Morgan fingerprint density at radius 2 is 1.81 bits per heavy atom. The molecule has 3 aromatic rings. The van der Waals surface area contributed by atoms with E-state index < -0.39 is 11.2 Å². The average molecular weight is 430 g/mol. The number of halogens is 1. The third kappa shape index (κ3) is 5.31. The lowest BCUT2D eigenvalue weighted by Gasteiger charge is -2.15. The van der Waals surface area contributed by atoms with Crippen LogP contribution in [-0.4, -0.2) is 19.1 Å². The van der Waals surface area contributed by atoms with Crippen LogP contribution in [0.2, 0.25) is 0 Å². The number of benzene rings is 1. The van der Waals surface area contributed by atoms with E-state index in [1.54, 1.807) is 16.7 Å². The third-order valence-corrected chi connectivity index (χ3v) is 5.57. The van der Waals surface area contributed by atoms with Crippen molar-refractivity contribution >= 4 is 11.2 Å². The van der Waals surface area contributed by atoms with E-state index in [1.807, 2.05) is 11.5 Å². The Labute approximate surface area is 181 Å². The smallest absolute Gasteiger partial charge is 0.321 e. The zero-order valence-corrected chi connectivity index (χ0v) is 18.7. The maximum Gasteiger partial charge on any atom is 0.330 e. The van der Waals surface area contributed by atoms with Gasteiger partial charge in [0.05, 0.1) is 6.54 Å². The van der Waals surface area contributed by atoms with E-state index in [0.29, 0.717) is 42.5 Å². The first-order chi connectivity index (χ1) is 14.8. The molecule has 2 N–H and O–H groups in total. The first-order valence-corrected chi connectivity index (χ1v) is 11.0. The standard InChI is InChI=1S/C23H32FN5O2/c1-5-6-12-29-21-20(22(30)27-23(29)31)28(13-11-15(2)3)19(26-21)14-25-16(4)17-7-9-18(24)10-8-17/h7-10,15-16,25H,5-6,11-14H2,1-4H3,(H,27,30,31)/t16-/m1/s1. The van der Waals surface area contributed by atoms with Gasteiger partial charge in [0.25, 0.3) is 5.56 Å². The molecule has 0 saturated carbocycles. The molecule has 1 atom stereocenters. The highest BCUT2D eigenvalue weighted by Gasteiger charge is 2.19. The molecule has 0 spiro atoms. The topological polar surface area (TPSA) is 84.7 Å². The van der Waals surface area contributed by atoms with Crippen LogP contribution in [0.25, 0.3) is 11.2 Å². The van der Waals surface area contributed by atoms with Crippen LogP contribution in [0.15, 0.2) is 33.9 Å². The number of fused-ring (bicyclic) bond motifs is 1. The summed E-state index contributed by atoms with van der Waals surface area (Å²) in [5.74, 6) is 0.906. The molecule has 31 heavy (non-hydrogen) atoms. The second kappa shape index (κ2) is 10.0. The average Bonchev–Trinajstić information content (AvgIpc) is 3.09. The van der Waals surface area contributed by atoms with Crippen LogP contribution in [0.1, 0.15) is 64.4 Å². The van der Waals surface area contributed by atoms with Crippen molar-refractivity contribution in [1.29, 1.82) is 0 Å². The molecule has 0 unspecified atom stereocenters. The summed E-state index contributed by atoms with van der Waals surface area (Å²) in [6, 6.07) is 6.36. The van der Waals surface area contributed by atoms with Crippen LogP contribution < -0.4 is 16.6 Å². The molecule has 0 aliphatic heterocycles. The minimum Gasteiger partial charge on any atom is -0.321 e. The maximum atomic E-state index is 13.2. The van der Waals surface area contributed by atoms with Crippen LogP contribution in [-0.2, 0) is 19.6 Å². The van der Waals surface area contributed by atoms with Gasteiger partial charge in [0.2, 0.25) is 0 Å². The van der Waals surface area contributed by atoms with Crippen molar-refractivity contribution in [3.63, 3.8) is 0 Å². The molecule has 3 rings (SSSR count). The van der Waals surface area contributed by atoms with Crippen molar-refractivity contribution in [2.24, 2.45) is 5.92 Å². The second-order valence-electron chi connectivity index (χ2n) is 8.45. The summed E-state index contributed by atoms with van der Waals surface area (Å²) in [6.45, 7) is 9.91. The number of H-pyrrole nitrogens is 1. The maximum absolute atomic E-state index is 13.2. The highest BCUT2D eigenvalue weighted by molar-refractivity contribution is 5.71. The number of hydrogen-bond donors (Lipinski definition) is 2. The summed E-state index contributed by atoms with van der Waals surface area (Å²) < 4.78 is 16.7. The Bertz CT molecular complexity index is 1130. The van der Waals surface area contributed by atoms with Gasteiger partial charge in [0, 0.05) is 19.1 Å². The van der Waals surface area contributed by atoms with Gasteiger partial charge in [-0.3, -0.25) is 14.3 Å². The van der Waals surface area contributed by atoms with E-state index >= 15 is 0 Å². The van der Waals surface area contributed by atoms with E-state index in [4.69, 9.17) is 4.98 Å². The number of imidazole rings is 1. The van der Waals surface area contributed by atoms with E-state index in [9.17, 15) is 14.0 Å². The fourth-order valence-electron chi connectivity index (χ4n) is 3.62. The number of nitrogens with zero attached hydrogens (tertiary/aromatic N) is 3. The van der Waals surface area contributed by atoms with Crippen molar-refractivity contribution in [3.05, 3.63) is 62.3 Å². The lowest BCUT2D eigenvalue weighted by molar-refractivity contribution is 0.491. The highest BCUT2D eigenvalue weighted by atomic mass is 19.1. The van der Waals surface area contributed by atoms with Gasteiger partial charge in [0.1, 0.15) is 11.6 Å². The zero-order valence-electron chi connectivity index (χ0n) is 18.7. The van der Waals surface area contributed by atoms with Crippen molar-refractivity contribution < 1.29 is 4.39 Å². The van der Waals surface area contributed by atoms with Crippen LogP contribution in [0, 0.1) is 11.7 Å². The minimum absolute atomic E-state index is 0.0282. The molecule has 2 aromatic heterocycles. The summed E-state index contributed by atoms with van der Waals surface area (Å²) in [5, 5.41) is 3.41. The van der Waals surface area contributed by atoms with Crippen LogP contribution in [0.3, 0.4) is 0 Å². The molecule has 0 radical (unpaired) electrons. The third-order valence-electron chi connectivity index (χ3n) is 5.57. The van der Waals surface area contributed by atoms with E-state index in [1.165, 1.54) is 12.1 Å². The zero-order chi connectivity index (χ0) is 22.5. The fourth-order valence-corrected chi connectivity index (χ4v) is 3.62. The van der Waals surface area contributed by atoms with Crippen molar-refractivity contribution in [1.82, 2.24) is 24.4 Å². The van der Waals surface area contributed by atoms with E-state index in [0.717, 1.165) is 24.8 Å². The molecule has 0 saturated heterocycles. The fraction of sp³-hybridized carbons (Fsp3) is 0.522. The molecule has 7 nitrogen and oxygen atoms in total. The molecule has 0 fully saturated rings. The SMILES string of the molecule is CCCCn1c(=O)[nH]c(=O)c2c1nc(CN[C@H](C)c1ccc(F)cc1)n2CCC(C)C. The first-order valence-electron chi connectivity index (χ1n) is 11.0. The minimum atomic E-state index is -0.418. The molecule has 168 valence electrons. The Balaban J connectivity index is 1.98. The van der Waals surface area contributed by atoms with Gasteiger partial charge in [-0.1, -0.05) is 39.3 Å². The molecular weight excluding hydrogens is 397 g/mol. The number of aryl methyl sites for hydroxylation is 2. The van der Waals surface area contributed by atoms with Crippen LogP contribution in [0.5, 0.6) is 0 Å². The molecule has 0 bridgehead atoms. The molecule has 1 aromatic carbocycles. The first kappa shape index (κ1) is 22.9. The van der Waals surface area contributed by atoms with Crippen LogP contribution >= 0.6 is 0 Å². The number of nitrogens with one attached hydrogen (secondary N) is 2. The number of aromatic amines is 1. The summed E-state index contributed by atoms with van der Waals surface area (Å²) in [7, 11) is 0. The monoisotopic (exact) mass is 429 g/mol. The molecular formula is C23H32FN5O2. The lowest BCUT2D eigenvalue weighted by Crippen LogP contribution is -2.31. The Hall–Kier alpha value is -2.74. The summed E-state index contributed by atoms with van der Waals surface area (Å²) in [4.78, 5) is 32.3. The number of rotatable bonds is 10. The highest BCUT2D eigenvalue weighted by Crippen LogP contribution is 2.17. The Morgan fingerprint density at radius 3 is 2.45 bits per heavy atom. The predicted molar refractivity (Wildman–Crippen MR) is 121 cm³/mol. The Kier molecular flexibility index (Phi) is 7.43. The number of unbranched alkanes of at least 4 members (excludes halogenated alkanes) is 1. The van der Waals surface area contributed by atoms with E-state index in [-0.39, 0.29) is 11.9 Å². The summed E-state index contributed by atoms with van der Waals surface area (Å²) in [6.07, 6.45) is 2.65. The van der Waals surface area contributed by atoms with Gasteiger partial charge in [-0.05, 0) is 43.4 Å². The normalized spacial score (nSPS) is 12.7. The molecule has 0 aliphatic rings. The van der Waals surface area contributed by atoms with Crippen LogP contribution in [0.4, 0.5) is 4.39 Å². The molecule has 0 aliphatic carbocycles. The molecule has 2 heterocycles. The predicted octanol–water partition coefficient (Wildman–Crippen LogP) is 3.72. The van der Waals surface area contributed by atoms with Gasteiger partial charge >= 0.3 is 5.69 Å². The van der Waals surface area contributed by atoms with Gasteiger partial charge in [0.15, 0.2) is 11.2 Å². The van der Waals surface area contributed by atoms with Gasteiger partial charge < -0.3 is 9.88 Å². The quantitative estimate of drug-likeness (QED) is 0.514. The Morgan fingerprint density at radius 1 is 1.10 bits per heavy atom. The number of aromatic nitrogens is 4. The summed E-state index contributed by atoms with van der Waals surface area (Å²) >= 11 is 0. The molecule has 0 amide bonds. The van der Waals surface area contributed by atoms with Crippen molar-refractivity contribution in [3.8, 4) is 0 Å². The van der Waals surface area contributed by atoms with Gasteiger partial charge in [-0.25, -0.2) is 14.2 Å². The van der Waals surface area contributed by atoms with Crippen molar-refractivity contribution in [2.75, 3.05) is 0 Å². The van der Waals surface area contributed by atoms with E-state index in [2.05, 4.69) is 31.1 Å². The van der Waals surface area contributed by atoms with Gasteiger partial charge in [-0.2, -0.15) is 0 Å². The van der Waals surface area contributed by atoms with Crippen molar-refractivity contribution in [2.45, 2.75) is 72.6 Å². The lowest BCUT2D eigenvalue weighted by atomic mass is 10.1. The largest absolute Gasteiger partial charge is 0.330 e. The second-order valence-corrected chi connectivity index (χ2v) is 8.45. The summed E-state index contributed by atoms with van der Waals surface area (Å²) in [5.41, 5.74) is 1.03. The molecule has 8 heteroatoms. The number of hydrogen-bond acceptors (Lipinski definition) is 4.